The van der Waals surface area contributed by atoms with E-state index < -0.39 is 13.0 Å². The molecule has 0 aliphatic heterocycles. The summed E-state index contributed by atoms with van der Waals surface area (Å²) in [6.45, 7) is -0.197. The minimum atomic E-state index is -2.39. The van der Waals surface area contributed by atoms with Gasteiger partial charge in [-0.2, -0.15) is 0 Å². The highest BCUT2D eigenvalue weighted by Crippen LogP contribution is 2.12. The first-order chi connectivity index (χ1) is 7.72. The first-order valence-electron chi connectivity index (χ1n) is 5.07. The molecular formula is C10H14ClF2NOS. The molecule has 1 rings (SSSR count). The zero-order chi connectivity index (χ0) is 11.8. The first kappa shape index (κ1) is 13.8. The molecule has 0 atom stereocenters. The Morgan fingerprint density at radius 2 is 2.25 bits per heavy atom. The van der Waals surface area contributed by atoms with E-state index in [2.05, 4.69) is 4.98 Å². The van der Waals surface area contributed by atoms with Crippen LogP contribution in [0.1, 0.15) is 17.1 Å². The van der Waals surface area contributed by atoms with Gasteiger partial charge in [0.15, 0.2) is 0 Å². The summed E-state index contributed by atoms with van der Waals surface area (Å²) in [4.78, 5) is 4.36. The molecule has 16 heavy (non-hydrogen) atoms. The molecule has 6 heteroatoms. The maximum absolute atomic E-state index is 11.8. The van der Waals surface area contributed by atoms with E-state index in [0.717, 1.165) is 23.5 Å². The van der Waals surface area contributed by atoms with E-state index in [1.165, 1.54) is 11.3 Å². The van der Waals surface area contributed by atoms with Gasteiger partial charge in [-0.05, 0) is 12.8 Å². The molecule has 1 aromatic heterocycles. The summed E-state index contributed by atoms with van der Waals surface area (Å²) >= 11 is 7.11. The van der Waals surface area contributed by atoms with Crippen LogP contribution in [0.25, 0.3) is 0 Å². The Morgan fingerprint density at radius 3 is 2.94 bits per heavy atom. The lowest BCUT2D eigenvalue weighted by Crippen LogP contribution is -2.07. The number of halogens is 3. The van der Waals surface area contributed by atoms with Gasteiger partial charge in [-0.25, -0.2) is 13.8 Å². The number of ether oxygens (including phenoxy) is 1. The molecule has 0 unspecified atom stereocenters. The van der Waals surface area contributed by atoms with Gasteiger partial charge in [-0.1, -0.05) is 0 Å². The third-order valence-corrected chi connectivity index (χ3v) is 3.09. The van der Waals surface area contributed by atoms with Crippen molar-refractivity contribution in [3.63, 3.8) is 0 Å². The van der Waals surface area contributed by atoms with Crippen LogP contribution < -0.4 is 0 Å². The van der Waals surface area contributed by atoms with Gasteiger partial charge >= 0.3 is 0 Å². The monoisotopic (exact) mass is 269 g/mol. The van der Waals surface area contributed by atoms with Gasteiger partial charge < -0.3 is 4.74 Å². The largest absolute Gasteiger partial charge is 0.375 e. The van der Waals surface area contributed by atoms with Crippen LogP contribution in [0, 0.1) is 0 Å². The summed E-state index contributed by atoms with van der Waals surface area (Å²) in [5.74, 6) is 0.629. The molecular weight excluding hydrogens is 256 g/mol. The molecule has 0 aliphatic carbocycles. The van der Waals surface area contributed by atoms with Crippen molar-refractivity contribution in [3.8, 4) is 0 Å². The summed E-state index contributed by atoms with van der Waals surface area (Å²) in [5, 5.41) is 2.91. The summed E-state index contributed by atoms with van der Waals surface area (Å²) in [6.07, 6.45) is -0.0152. The van der Waals surface area contributed by atoms with Gasteiger partial charge in [-0.3, -0.25) is 0 Å². The van der Waals surface area contributed by atoms with Crippen LogP contribution in [-0.2, 0) is 17.6 Å². The molecule has 0 amide bonds. The Kier molecular flexibility index (Phi) is 6.84. The predicted octanol–water partition coefficient (Wildman–Crippen LogP) is 3.14. The van der Waals surface area contributed by atoms with Crippen molar-refractivity contribution >= 4 is 22.9 Å². The normalized spacial score (nSPS) is 11.2. The van der Waals surface area contributed by atoms with Crippen molar-refractivity contribution in [2.45, 2.75) is 25.7 Å². The van der Waals surface area contributed by atoms with Crippen molar-refractivity contribution in [2.24, 2.45) is 0 Å². The molecule has 92 valence electrons. The zero-order valence-electron chi connectivity index (χ0n) is 8.79. The molecule has 0 bridgehead atoms. The number of aromatic nitrogens is 1. The number of alkyl halides is 3. The Balaban J connectivity index is 2.19. The number of nitrogens with zero attached hydrogens (tertiary/aromatic N) is 1. The second kappa shape index (κ2) is 7.92. The SMILES string of the molecule is FC(F)COCCc1nc(CCCCl)cs1. The molecule has 0 fully saturated rings. The fraction of sp³-hybridized carbons (Fsp3) is 0.700. The van der Waals surface area contributed by atoms with Crippen LogP contribution in [0.15, 0.2) is 5.38 Å². The number of thiazole rings is 1. The lowest BCUT2D eigenvalue weighted by Gasteiger charge is -2.00. The van der Waals surface area contributed by atoms with Crippen LogP contribution in [0.5, 0.6) is 0 Å². The molecule has 0 N–H and O–H groups in total. The summed E-state index contributed by atoms with van der Waals surface area (Å²) < 4.78 is 28.3. The Hall–Kier alpha value is -0.260. The van der Waals surface area contributed by atoms with Gasteiger partial charge in [0.2, 0.25) is 0 Å². The van der Waals surface area contributed by atoms with E-state index in [9.17, 15) is 8.78 Å². The Labute approximate surface area is 103 Å². The maximum atomic E-state index is 11.8. The summed E-state index contributed by atoms with van der Waals surface area (Å²) in [5.41, 5.74) is 1.02. The number of hydrogen-bond acceptors (Lipinski definition) is 3. The third-order valence-electron chi connectivity index (χ3n) is 1.87. The minimum Gasteiger partial charge on any atom is -0.375 e. The van der Waals surface area contributed by atoms with E-state index in [-0.39, 0.29) is 0 Å². The number of aryl methyl sites for hydroxylation is 1. The first-order valence-corrected chi connectivity index (χ1v) is 6.49. The lowest BCUT2D eigenvalue weighted by atomic mass is 10.3. The van der Waals surface area contributed by atoms with E-state index in [1.807, 2.05) is 5.38 Å². The van der Waals surface area contributed by atoms with Crippen molar-refractivity contribution in [3.05, 3.63) is 16.1 Å². The van der Waals surface area contributed by atoms with Crippen LogP contribution in [-0.4, -0.2) is 30.5 Å². The van der Waals surface area contributed by atoms with Gasteiger partial charge in [-0.15, -0.1) is 22.9 Å². The standard InChI is InChI=1S/C10H14ClF2NOS/c11-4-1-2-8-7-16-10(14-8)3-5-15-6-9(12)13/h7,9H,1-6H2. The molecule has 1 aromatic rings. The van der Waals surface area contributed by atoms with Crippen molar-refractivity contribution in [2.75, 3.05) is 19.1 Å². The quantitative estimate of drug-likeness (QED) is 0.534. The zero-order valence-corrected chi connectivity index (χ0v) is 10.4. The second-order valence-corrected chi connectivity index (χ2v) is 4.56. The third kappa shape index (κ3) is 5.72. The highest BCUT2D eigenvalue weighted by molar-refractivity contribution is 7.09. The molecule has 1 heterocycles. The second-order valence-electron chi connectivity index (χ2n) is 3.24. The minimum absolute atomic E-state index is 0.298. The topological polar surface area (TPSA) is 22.1 Å². The van der Waals surface area contributed by atoms with Crippen LogP contribution in [0.2, 0.25) is 0 Å². The molecule has 0 aromatic carbocycles. The van der Waals surface area contributed by atoms with Gasteiger partial charge in [0.05, 0.1) is 17.3 Å². The van der Waals surface area contributed by atoms with Crippen LogP contribution in [0.4, 0.5) is 8.78 Å². The highest BCUT2D eigenvalue weighted by atomic mass is 35.5. The van der Waals surface area contributed by atoms with Gasteiger partial charge in [0.1, 0.15) is 6.61 Å². The van der Waals surface area contributed by atoms with E-state index in [1.54, 1.807) is 0 Å². The Bertz CT molecular complexity index is 296. The van der Waals surface area contributed by atoms with Crippen LogP contribution >= 0.6 is 22.9 Å². The van der Waals surface area contributed by atoms with E-state index in [4.69, 9.17) is 16.3 Å². The maximum Gasteiger partial charge on any atom is 0.261 e. The predicted molar refractivity (Wildman–Crippen MR) is 61.7 cm³/mol. The number of rotatable bonds is 8. The summed E-state index contributed by atoms with van der Waals surface area (Å²) in [6, 6.07) is 0. The highest BCUT2D eigenvalue weighted by Gasteiger charge is 2.04. The average Bonchev–Trinajstić information content (AvgIpc) is 2.69. The molecule has 0 saturated carbocycles. The van der Waals surface area contributed by atoms with Crippen molar-refractivity contribution < 1.29 is 13.5 Å². The van der Waals surface area contributed by atoms with E-state index >= 15 is 0 Å². The number of hydrogen-bond donors (Lipinski definition) is 0. The van der Waals surface area contributed by atoms with E-state index in [0.29, 0.717) is 18.9 Å². The van der Waals surface area contributed by atoms with Crippen LogP contribution in [0.3, 0.4) is 0 Å². The fourth-order valence-electron chi connectivity index (χ4n) is 1.16. The fourth-order valence-corrected chi connectivity index (χ4v) is 2.11. The molecule has 0 saturated heterocycles. The van der Waals surface area contributed by atoms with Gasteiger partial charge in [0, 0.05) is 17.7 Å². The molecule has 0 radical (unpaired) electrons. The molecule has 2 nitrogen and oxygen atoms in total. The van der Waals surface area contributed by atoms with Crippen molar-refractivity contribution in [1.29, 1.82) is 0 Å². The molecule has 0 aliphatic rings. The average molecular weight is 270 g/mol. The summed E-state index contributed by atoms with van der Waals surface area (Å²) in [7, 11) is 0. The van der Waals surface area contributed by atoms with Crippen molar-refractivity contribution in [1.82, 2.24) is 4.98 Å². The van der Waals surface area contributed by atoms with Gasteiger partial charge in [0.25, 0.3) is 6.43 Å². The Morgan fingerprint density at radius 1 is 1.44 bits per heavy atom. The smallest absolute Gasteiger partial charge is 0.261 e. The molecule has 0 spiro atoms. The lowest BCUT2D eigenvalue weighted by molar-refractivity contribution is 0.0187.